The van der Waals surface area contributed by atoms with Crippen molar-refractivity contribution in [3.8, 4) is 11.3 Å². The Morgan fingerprint density at radius 2 is 1.95 bits per heavy atom. The average Bonchev–Trinajstić information content (AvgIpc) is 2.52. The monoisotopic (exact) mass is 303 g/mol. The molecule has 4 nitrogen and oxygen atoms in total. The van der Waals surface area contributed by atoms with Gasteiger partial charge in [-0.3, -0.25) is 4.98 Å². The standard InChI is InChI=1S/C16H18ClN3O/c17-14-10-19-16(20-11-4-6-12(21)7-5-11)9-13(14)15-3-1-2-8-18-15/h1-3,8-12,21H,4-7H2,(H,19,20). The summed E-state index contributed by atoms with van der Waals surface area (Å²) in [5, 5.41) is 13.6. The molecule has 0 aliphatic heterocycles. The second kappa shape index (κ2) is 6.41. The Kier molecular flexibility index (Phi) is 4.36. The van der Waals surface area contributed by atoms with Crippen LogP contribution >= 0.6 is 11.6 Å². The van der Waals surface area contributed by atoms with E-state index in [1.54, 1.807) is 12.4 Å². The minimum Gasteiger partial charge on any atom is -0.393 e. The van der Waals surface area contributed by atoms with Gasteiger partial charge in [0.15, 0.2) is 0 Å². The lowest BCUT2D eigenvalue weighted by atomic mass is 9.93. The largest absolute Gasteiger partial charge is 0.393 e. The second-order valence-corrected chi connectivity index (χ2v) is 5.82. The summed E-state index contributed by atoms with van der Waals surface area (Å²) in [6.45, 7) is 0. The van der Waals surface area contributed by atoms with Crippen LogP contribution in [0.2, 0.25) is 5.02 Å². The molecule has 2 aromatic heterocycles. The highest BCUT2D eigenvalue weighted by Gasteiger charge is 2.19. The molecule has 0 bridgehead atoms. The second-order valence-electron chi connectivity index (χ2n) is 5.41. The van der Waals surface area contributed by atoms with Gasteiger partial charge in [0, 0.05) is 24.0 Å². The first-order valence-electron chi connectivity index (χ1n) is 7.24. The normalized spacial score (nSPS) is 22.0. The molecule has 2 aromatic rings. The third-order valence-corrected chi connectivity index (χ3v) is 4.15. The molecule has 1 aliphatic carbocycles. The molecule has 0 spiro atoms. The van der Waals surface area contributed by atoms with E-state index >= 15 is 0 Å². The van der Waals surface area contributed by atoms with Crippen molar-refractivity contribution in [2.75, 3.05) is 5.32 Å². The van der Waals surface area contributed by atoms with Crippen LogP contribution in [-0.4, -0.2) is 27.2 Å². The smallest absolute Gasteiger partial charge is 0.126 e. The van der Waals surface area contributed by atoms with Crippen molar-refractivity contribution < 1.29 is 5.11 Å². The van der Waals surface area contributed by atoms with Gasteiger partial charge in [0.25, 0.3) is 0 Å². The fourth-order valence-electron chi connectivity index (χ4n) is 2.67. The van der Waals surface area contributed by atoms with Crippen molar-refractivity contribution in [1.82, 2.24) is 9.97 Å². The maximum atomic E-state index is 9.55. The topological polar surface area (TPSA) is 58.0 Å². The van der Waals surface area contributed by atoms with E-state index in [0.29, 0.717) is 11.1 Å². The number of pyridine rings is 2. The summed E-state index contributed by atoms with van der Waals surface area (Å²) in [5.74, 6) is 0.807. The molecule has 5 heteroatoms. The van der Waals surface area contributed by atoms with Crippen LogP contribution in [0.4, 0.5) is 5.82 Å². The van der Waals surface area contributed by atoms with Crippen molar-refractivity contribution >= 4 is 17.4 Å². The summed E-state index contributed by atoms with van der Waals surface area (Å²) in [7, 11) is 0. The lowest BCUT2D eigenvalue weighted by molar-refractivity contribution is 0.126. The van der Waals surface area contributed by atoms with Gasteiger partial charge < -0.3 is 10.4 Å². The number of halogens is 1. The highest BCUT2D eigenvalue weighted by molar-refractivity contribution is 6.33. The Bertz CT molecular complexity index is 598. The first kappa shape index (κ1) is 14.3. The fourth-order valence-corrected chi connectivity index (χ4v) is 2.87. The van der Waals surface area contributed by atoms with E-state index in [1.807, 2.05) is 24.3 Å². The molecule has 1 aliphatic rings. The summed E-state index contributed by atoms with van der Waals surface area (Å²) in [4.78, 5) is 8.68. The molecule has 2 heterocycles. The van der Waals surface area contributed by atoms with Crippen molar-refractivity contribution in [3.05, 3.63) is 41.7 Å². The molecular weight excluding hydrogens is 286 g/mol. The van der Waals surface area contributed by atoms with Gasteiger partial charge in [-0.1, -0.05) is 17.7 Å². The van der Waals surface area contributed by atoms with E-state index in [4.69, 9.17) is 11.6 Å². The number of nitrogens with zero attached hydrogens (tertiary/aromatic N) is 2. The van der Waals surface area contributed by atoms with E-state index in [9.17, 15) is 5.11 Å². The molecule has 0 aromatic carbocycles. The van der Waals surface area contributed by atoms with Gasteiger partial charge in [-0.05, 0) is 43.9 Å². The van der Waals surface area contributed by atoms with E-state index < -0.39 is 0 Å². The van der Waals surface area contributed by atoms with Gasteiger partial charge in [0.05, 0.1) is 16.8 Å². The molecule has 3 rings (SSSR count). The van der Waals surface area contributed by atoms with Gasteiger partial charge in [-0.15, -0.1) is 0 Å². The van der Waals surface area contributed by atoms with Crippen LogP contribution in [0, 0.1) is 0 Å². The summed E-state index contributed by atoms with van der Waals surface area (Å²) in [6, 6.07) is 8.05. The quantitative estimate of drug-likeness (QED) is 0.911. The van der Waals surface area contributed by atoms with Crippen molar-refractivity contribution in [2.45, 2.75) is 37.8 Å². The zero-order valence-electron chi connectivity index (χ0n) is 11.7. The summed E-state index contributed by atoms with van der Waals surface area (Å²) in [6.07, 6.45) is 6.88. The molecule has 1 saturated carbocycles. The highest BCUT2D eigenvalue weighted by atomic mass is 35.5. The number of hydrogen-bond donors (Lipinski definition) is 2. The van der Waals surface area contributed by atoms with Crippen LogP contribution in [0.15, 0.2) is 36.7 Å². The van der Waals surface area contributed by atoms with Gasteiger partial charge in [-0.25, -0.2) is 4.98 Å². The van der Waals surface area contributed by atoms with Gasteiger partial charge in [-0.2, -0.15) is 0 Å². The maximum Gasteiger partial charge on any atom is 0.126 e. The summed E-state index contributed by atoms with van der Waals surface area (Å²) >= 11 is 6.23. The molecule has 21 heavy (non-hydrogen) atoms. The third kappa shape index (κ3) is 3.52. The van der Waals surface area contributed by atoms with E-state index in [1.165, 1.54) is 0 Å². The molecule has 0 unspecified atom stereocenters. The molecule has 2 N–H and O–H groups in total. The molecule has 0 atom stereocenters. The Morgan fingerprint density at radius 3 is 2.67 bits per heavy atom. The van der Waals surface area contributed by atoms with Crippen molar-refractivity contribution in [1.29, 1.82) is 0 Å². The van der Waals surface area contributed by atoms with Gasteiger partial charge in [0.2, 0.25) is 0 Å². The lowest BCUT2D eigenvalue weighted by Gasteiger charge is -2.26. The molecule has 110 valence electrons. The SMILES string of the molecule is OC1CCC(Nc2cc(-c3ccccn3)c(Cl)cn2)CC1. The van der Waals surface area contributed by atoms with E-state index in [0.717, 1.165) is 42.8 Å². The van der Waals surface area contributed by atoms with Crippen LogP contribution in [0.25, 0.3) is 11.3 Å². The number of rotatable bonds is 3. The summed E-state index contributed by atoms with van der Waals surface area (Å²) < 4.78 is 0. The Balaban J connectivity index is 1.78. The van der Waals surface area contributed by atoms with E-state index in [-0.39, 0.29) is 6.10 Å². The van der Waals surface area contributed by atoms with Crippen LogP contribution < -0.4 is 5.32 Å². The minimum absolute atomic E-state index is 0.148. The number of aliphatic hydroxyl groups is 1. The minimum atomic E-state index is -0.148. The average molecular weight is 304 g/mol. The van der Waals surface area contributed by atoms with Crippen LogP contribution in [0.1, 0.15) is 25.7 Å². The first-order valence-corrected chi connectivity index (χ1v) is 7.62. The predicted octanol–water partition coefficient (Wildman–Crippen LogP) is 3.51. The zero-order chi connectivity index (χ0) is 14.7. The van der Waals surface area contributed by atoms with Crippen molar-refractivity contribution in [2.24, 2.45) is 0 Å². The van der Waals surface area contributed by atoms with Crippen molar-refractivity contribution in [3.63, 3.8) is 0 Å². The Morgan fingerprint density at radius 1 is 1.14 bits per heavy atom. The number of anilines is 1. The zero-order valence-corrected chi connectivity index (χ0v) is 12.4. The van der Waals surface area contributed by atoms with Crippen LogP contribution in [0.3, 0.4) is 0 Å². The highest BCUT2D eigenvalue weighted by Crippen LogP contribution is 2.29. The lowest BCUT2D eigenvalue weighted by Crippen LogP contribution is -2.28. The number of aromatic nitrogens is 2. The molecular formula is C16H18ClN3O. The molecule has 0 radical (unpaired) electrons. The van der Waals surface area contributed by atoms with E-state index in [2.05, 4.69) is 15.3 Å². The Hall–Kier alpha value is -1.65. The van der Waals surface area contributed by atoms with Crippen LogP contribution in [0.5, 0.6) is 0 Å². The molecule has 1 fully saturated rings. The molecule has 0 saturated heterocycles. The predicted molar refractivity (Wildman–Crippen MR) is 84.4 cm³/mol. The number of nitrogens with one attached hydrogen (secondary N) is 1. The van der Waals surface area contributed by atoms with Gasteiger partial charge in [0.1, 0.15) is 5.82 Å². The number of hydrogen-bond acceptors (Lipinski definition) is 4. The van der Waals surface area contributed by atoms with Crippen LogP contribution in [-0.2, 0) is 0 Å². The third-order valence-electron chi connectivity index (χ3n) is 3.84. The molecule has 0 amide bonds. The fraction of sp³-hybridized carbons (Fsp3) is 0.375. The Labute approximate surface area is 129 Å². The first-order chi connectivity index (χ1) is 10.2. The maximum absolute atomic E-state index is 9.55. The van der Waals surface area contributed by atoms with Gasteiger partial charge >= 0.3 is 0 Å². The summed E-state index contributed by atoms with van der Waals surface area (Å²) in [5.41, 5.74) is 1.72. The number of aliphatic hydroxyl groups excluding tert-OH is 1.